The molecule has 0 aromatic carbocycles. The highest BCUT2D eigenvalue weighted by molar-refractivity contribution is 7.05. The third-order valence-corrected chi connectivity index (χ3v) is 3.15. The van der Waals surface area contributed by atoms with Gasteiger partial charge in [-0.25, -0.2) is 4.37 Å². The molecule has 2 unspecified atom stereocenters. The number of hydrogen-bond donors (Lipinski definition) is 1. The molecule has 2 heterocycles. The summed E-state index contributed by atoms with van der Waals surface area (Å²) in [4.78, 5) is 1.23. The van der Waals surface area contributed by atoms with Crippen LogP contribution >= 0.6 is 11.5 Å². The minimum Gasteiger partial charge on any atom is -0.393 e. The summed E-state index contributed by atoms with van der Waals surface area (Å²) in [7, 11) is 0. The fourth-order valence-corrected chi connectivity index (χ4v) is 2.25. The molecule has 2 rings (SSSR count). The highest BCUT2D eigenvalue weighted by atomic mass is 32.1. The molecule has 72 valence electrons. The first-order valence-electron chi connectivity index (χ1n) is 4.51. The number of ether oxygens (including phenoxy) is 1. The highest BCUT2D eigenvalue weighted by Crippen LogP contribution is 2.20. The molecule has 0 saturated carbocycles. The number of rotatable bonds is 2. The Labute approximate surface area is 81.5 Å². The number of hydrogen-bond acceptors (Lipinski definition) is 4. The fourth-order valence-electron chi connectivity index (χ4n) is 1.59. The molecule has 1 fully saturated rings. The Morgan fingerprint density at radius 1 is 1.69 bits per heavy atom. The van der Waals surface area contributed by atoms with Gasteiger partial charge in [-0.15, -0.1) is 0 Å². The van der Waals surface area contributed by atoms with Crippen LogP contribution in [-0.4, -0.2) is 28.8 Å². The second-order valence-electron chi connectivity index (χ2n) is 3.37. The van der Waals surface area contributed by atoms with Crippen LogP contribution in [-0.2, 0) is 11.2 Å². The first-order valence-corrected chi connectivity index (χ1v) is 5.29. The minimum atomic E-state index is -0.198. The molecule has 1 N–H and O–H groups in total. The van der Waals surface area contributed by atoms with Crippen LogP contribution in [0.15, 0.2) is 12.3 Å². The second kappa shape index (κ2) is 4.17. The molecular weight excluding hydrogens is 186 g/mol. The van der Waals surface area contributed by atoms with Gasteiger partial charge in [-0.05, 0) is 30.4 Å². The molecule has 0 bridgehead atoms. The molecule has 0 amide bonds. The van der Waals surface area contributed by atoms with Crippen LogP contribution < -0.4 is 0 Å². The third-order valence-electron chi connectivity index (χ3n) is 2.39. The van der Waals surface area contributed by atoms with Gasteiger partial charge in [0.1, 0.15) is 0 Å². The first kappa shape index (κ1) is 9.12. The van der Waals surface area contributed by atoms with E-state index in [9.17, 15) is 5.11 Å². The molecule has 0 radical (unpaired) electrons. The number of aliphatic hydroxyl groups excluding tert-OH is 1. The molecule has 13 heavy (non-hydrogen) atoms. The van der Waals surface area contributed by atoms with Crippen LogP contribution in [0.1, 0.15) is 11.3 Å². The van der Waals surface area contributed by atoms with Crippen molar-refractivity contribution >= 4 is 11.5 Å². The van der Waals surface area contributed by atoms with Gasteiger partial charge in [0.15, 0.2) is 0 Å². The maximum absolute atomic E-state index is 9.67. The average Bonchev–Trinajstić information content (AvgIpc) is 2.61. The van der Waals surface area contributed by atoms with Crippen molar-refractivity contribution in [2.45, 2.75) is 18.9 Å². The minimum absolute atomic E-state index is 0.198. The van der Waals surface area contributed by atoms with Crippen LogP contribution in [0.4, 0.5) is 0 Å². The standard InChI is InChI=1S/C9H13NO2S/c11-9-2-4-12-6-7(9)5-8-1-3-10-13-8/h1,3,7,9,11H,2,4-6H2. The van der Waals surface area contributed by atoms with Crippen molar-refractivity contribution in [3.05, 3.63) is 17.1 Å². The lowest BCUT2D eigenvalue weighted by Gasteiger charge is -2.27. The summed E-state index contributed by atoms with van der Waals surface area (Å²) in [5.41, 5.74) is 0. The lowest BCUT2D eigenvalue weighted by molar-refractivity contribution is -0.0347. The quantitative estimate of drug-likeness (QED) is 0.775. The maximum Gasteiger partial charge on any atom is 0.0615 e. The van der Waals surface area contributed by atoms with Crippen molar-refractivity contribution in [2.75, 3.05) is 13.2 Å². The zero-order valence-corrected chi connectivity index (χ0v) is 8.17. The Morgan fingerprint density at radius 2 is 2.62 bits per heavy atom. The maximum atomic E-state index is 9.67. The van der Waals surface area contributed by atoms with Gasteiger partial charge in [0, 0.05) is 23.6 Å². The van der Waals surface area contributed by atoms with E-state index in [0.717, 1.165) is 12.8 Å². The lowest BCUT2D eigenvalue weighted by Crippen LogP contribution is -2.32. The van der Waals surface area contributed by atoms with Crippen LogP contribution in [0.25, 0.3) is 0 Å². The Bertz CT molecular complexity index is 250. The predicted molar refractivity (Wildman–Crippen MR) is 50.8 cm³/mol. The molecular formula is C9H13NO2S. The van der Waals surface area contributed by atoms with Crippen molar-refractivity contribution in [3.8, 4) is 0 Å². The summed E-state index contributed by atoms with van der Waals surface area (Å²) in [6, 6.07) is 2.01. The molecule has 1 aromatic heterocycles. The molecule has 1 saturated heterocycles. The van der Waals surface area contributed by atoms with Gasteiger partial charge >= 0.3 is 0 Å². The fraction of sp³-hybridized carbons (Fsp3) is 0.667. The first-order chi connectivity index (χ1) is 6.36. The van der Waals surface area contributed by atoms with Crippen molar-refractivity contribution < 1.29 is 9.84 Å². The van der Waals surface area contributed by atoms with Crippen LogP contribution in [0.5, 0.6) is 0 Å². The summed E-state index contributed by atoms with van der Waals surface area (Å²) >= 11 is 1.50. The summed E-state index contributed by atoms with van der Waals surface area (Å²) in [6.45, 7) is 1.37. The molecule has 1 aromatic rings. The molecule has 0 aliphatic carbocycles. The van der Waals surface area contributed by atoms with E-state index in [-0.39, 0.29) is 12.0 Å². The second-order valence-corrected chi connectivity index (χ2v) is 4.29. The van der Waals surface area contributed by atoms with Crippen molar-refractivity contribution in [2.24, 2.45) is 5.92 Å². The van der Waals surface area contributed by atoms with E-state index in [2.05, 4.69) is 4.37 Å². The van der Waals surface area contributed by atoms with E-state index in [1.54, 1.807) is 6.20 Å². The van der Waals surface area contributed by atoms with E-state index >= 15 is 0 Å². The SMILES string of the molecule is OC1CCOCC1Cc1ccns1. The summed E-state index contributed by atoms with van der Waals surface area (Å²) in [5, 5.41) is 9.67. The zero-order chi connectivity index (χ0) is 9.10. The van der Waals surface area contributed by atoms with Gasteiger partial charge in [0.25, 0.3) is 0 Å². The summed E-state index contributed by atoms with van der Waals surface area (Å²) in [6.07, 6.45) is 3.27. The average molecular weight is 199 g/mol. The van der Waals surface area contributed by atoms with Crippen molar-refractivity contribution in [1.82, 2.24) is 4.37 Å². The Hall–Kier alpha value is -0.450. The third kappa shape index (κ3) is 2.27. The Balaban J connectivity index is 1.93. The van der Waals surface area contributed by atoms with E-state index in [4.69, 9.17) is 4.74 Å². The normalized spacial score (nSPS) is 29.0. The van der Waals surface area contributed by atoms with Gasteiger partial charge < -0.3 is 9.84 Å². The Kier molecular flexibility index (Phi) is 2.93. The monoisotopic (exact) mass is 199 g/mol. The summed E-state index contributed by atoms with van der Waals surface area (Å²) in [5.74, 6) is 0.259. The Morgan fingerprint density at radius 3 is 3.31 bits per heavy atom. The highest BCUT2D eigenvalue weighted by Gasteiger charge is 2.24. The molecule has 1 aliphatic heterocycles. The topological polar surface area (TPSA) is 42.4 Å². The van der Waals surface area contributed by atoms with Gasteiger partial charge in [-0.1, -0.05) is 0 Å². The van der Waals surface area contributed by atoms with Crippen molar-refractivity contribution in [3.63, 3.8) is 0 Å². The van der Waals surface area contributed by atoms with E-state index < -0.39 is 0 Å². The molecule has 3 nitrogen and oxygen atoms in total. The van der Waals surface area contributed by atoms with Gasteiger partial charge in [-0.2, -0.15) is 0 Å². The van der Waals surface area contributed by atoms with E-state index in [0.29, 0.717) is 13.2 Å². The molecule has 2 atom stereocenters. The molecule has 4 heteroatoms. The van der Waals surface area contributed by atoms with Gasteiger partial charge in [0.05, 0.1) is 12.7 Å². The largest absolute Gasteiger partial charge is 0.393 e. The number of aliphatic hydroxyl groups is 1. The summed E-state index contributed by atoms with van der Waals surface area (Å²) < 4.78 is 9.36. The van der Waals surface area contributed by atoms with Crippen LogP contribution in [0, 0.1) is 5.92 Å². The molecule has 0 spiro atoms. The van der Waals surface area contributed by atoms with Crippen LogP contribution in [0.3, 0.4) is 0 Å². The molecule has 1 aliphatic rings. The van der Waals surface area contributed by atoms with Crippen molar-refractivity contribution in [1.29, 1.82) is 0 Å². The number of nitrogens with zero attached hydrogens (tertiary/aromatic N) is 1. The van der Waals surface area contributed by atoms with Gasteiger partial charge in [0.2, 0.25) is 0 Å². The lowest BCUT2D eigenvalue weighted by atomic mass is 9.95. The van der Waals surface area contributed by atoms with Gasteiger partial charge in [-0.3, -0.25) is 0 Å². The predicted octanol–water partition coefficient (Wildman–Crippen LogP) is 1.08. The van der Waals surface area contributed by atoms with Crippen LogP contribution in [0.2, 0.25) is 0 Å². The van der Waals surface area contributed by atoms with E-state index in [1.807, 2.05) is 6.07 Å². The number of aromatic nitrogens is 1. The smallest absolute Gasteiger partial charge is 0.0615 e. The zero-order valence-electron chi connectivity index (χ0n) is 7.35. The van der Waals surface area contributed by atoms with E-state index in [1.165, 1.54) is 16.4 Å².